The van der Waals surface area contributed by atoms with E-state index in [1.165, 1.54) is 18.2 Å². The van der Waals surface area contributed by atoms with E-state index in [0.29, 0.717) is 12.0 Å². The maximum atomic E-state index is 12.6. The Labute approximate surface area is 150 Å². The first-order chi connectivity index (χ1) is 12.3. The molecular formula is C20H20O6. The number of rotatable bonds is 3. The average Bonchev–Trinajstić information content (AvgIpc) is 2.53. The molecule has 0 unspecified atom stereocenters. The number of hydrogen-bond donors (Lipinski definition) is 4. The van der Waals surface area contributed by atoms with Crippen LogP contribution in [-0.2, 0) is 6.42 Å². The lowest BCUT2D eigenvalue weighted by Crippen LogP contribution is -2.21. The van der Waals surface area contributed by atoms with E-state index < -0.39 is 6.10 Å². The lowest BCUT2D eigenvalue weighted by molar-refractivity contribution is 0.0841. The number of hydrogen-bond acceptors (Lipinski definition) is 6. The molecule has 0 saturated carbocycles. The highest BCUT2D eigenvalue weighted by Crippen LogP contribution is 2.46. The van der Waals surface area contributed by atoms with Gasteiger partial charge in [0.15, 0.2) is 5.78 Å². The minimum Gasteiger partial charge on any atom is -0.508 e. The van der Waals surface area contributed by atoms with Crippen LogP contribution in [0.3, 0.4) is 0 Å². The largest absolute Gasteiger partial charge is 0.508 e. The van der Waals surface area contributed by atoms with Gasteiger partial charge in [-0.15, -0.1) is 0 Å². The molecule has 1 aliphatic heterocycles. The molecule has 0 fully saturated rings. The Morgan fingerprint density at radius 2 is 1.88 bits per heavy atom. The number of Topliss-reactive ketones (excluding diaryl/α,β-unsaturated/α-hetero) is 1. The topological polar surface area (TPSA) is 107 Å². The molecule has 0 aliphatic carbocycles. The number of ether oxygens (including phenoxy) is 1. The van der Waals surface area contributed by atoms with Gasteiger partial charge in [-0.1, -0.05) is 11.6 Å². The maximum Gasteiger partial charge on any atom is 0.174 e. The second-order valence-electron chi connectivity index (χ2n) is 6.56. The van der Waals surface area contributed by atoms with E-state index in [9.17, 15) is 25.2 Å². The number of phenols is 4. The van der Waals surface area contributed by atoms with Gasteiger partial charge in [-0.2, -0.15) is 0 Å². The average molecular weight is 356 g/mol. The summed E-state index contributed by atoms with van der Waals surface area (Å²) in [6.45, 7) is 3.80. The van der Waals surface area contributed by atoms with Crippen LogP contribution in [0.25, 0.3) is 0 Å². The predicted molar refractivity (Wildman–Crippen MR) is 95.0 cm³/mol. The summed E-state index contributed by atoms with van der Waals surface area (Å²) in [5.41, 5.74) is 1.67. The molecule has 2 aromatic rings. The Morgan fingerprint density at radius 1 is 1.15 bits per heavy atom. The lowest BCUT2D eigenvalue weighted by atomic mass is 9.92. The second kappa shape index (κ2) is 6.63. The van der Waals surface area contributed by atoms with E-state index in [4.69, 9.17) is 4.74 Å². The summed E-state index contributed by atoms with van der Waals surface area (Å²) in [4.78, 5) is 12.6. The Morgan fingerprint density at radius 3 is 2.54 bits per heavy atom. The molecule has 6 heteroatoms. The van der Waals surface area contributed by atoms with Crippen molar-refractivity contribution in [1.29, 1.82) is 0 Å². The van der Waals surface area contributed by atoms with Crippen LogP contribution in [0, 0.1) is 0 Å². The molecule has 2 aromatic carbocycles. The van der Waals surface area contributed by atoms with Crippen molar-refractivity contribution in [3.8, 4) is 28.7 Å². The van der Waals surface area contributed by atoms with Crippen molar-refractivity contribution in [3.63, 3.8) is 0 Å². The van der Waals surface area contributed by atoms with Crippen LogP contribution in [0.1, 0.15) is 47.9 Å². The molecule has 26 heavy (non-hydrogen) atoms. The van der Waals surface area contributed by atoms with E-state index in [1.807, 2.05) is 19.9 Å². The molecule has 0 spiro atoms. The summed E-state index contributed by atoms with van der Waals surface area (Å²) in [5, 5.41) is 40.1. The molecule has 0 aromatic heterocycles. The van der Waals surface area contributed by atoms with Crippen LogP contribution in [0.5, 0.6) is 28.7 Å². The van der Waals surface area contributed by atoms with Gasteiger partial charge >= 0.3 is 0 Å². The number of aromatic hydroxyl groups is 4. The molecule has 1 heterocycles. The molecule has 136 valence electrons. The molecule has 0 radical (unpaired) electrons. The third-order valence-corrected chi connectivity index (χ3v) is 4.34. The van der Waals surface area contributed by atoms with Crippen LogP contribution in [-0.4, -0.2) is 26.2 Å². The van der Waals surface area contributed by atoms with Gasteiger partial charge in [-0.25, -0.2) is 0 Å². The zero-order valence-corrected chi connectivity index (χ0v) is 14.5. The smallest absolute Gasteiger partial charge is 0.174 e. The van der Waals surface area contributed by atoms with E-state index in [2.05, 4.69) is 0 Å². The summed E-state index contributed by atoms with van der Waals surface area (Å²) in [6, 6.07) is 5.33. The highest BCUT2D eigenvalue weighted by Gasteiger charge is 2.33. The van der Waals surface area contributed by atoms with E-state index >= 15 is 0 Å². The SMILES string of the molecule is CC(C)=CCc1c(O)cc2c(c1O)C(=O)C[C@H](c1ccc(O)cc1O)O2. The molecule has 0 amide bonds. The Kier molecular flexibility index (Phi) is 4.50. The van der Waals surface area contributed by atoms with Crippen LogP contribution in [0.2, 0.25) is 0 Å². The van der Waals surface area contributed by atoms with Crippen LogP contribution in [0.15, 0.2) is 35.9 Å². The zero-order valence-electron chi connectivity index (χ0n) is 14.5. The number of phenolic OH excluding ortho intramolecular Hbond substituents is 4. The Balaban J connectivity index is 2.01. The minimum atomic E-state index is -0.780. The van der Waals surface area contributed by atoms with E-state index in [1.54, 1.807) is 0 Å². The molecule has 3 rings (SSSR count). The summed E-state index contributed by atoms with van der Waals surface area (Å²) >= 11 is 0. The van der Waals surface area contributed by atoms with Gasteiger partial charge in [0.2, 0.25) is 0 Å². The van der Waals surface area contributed by atoms with Crippen molar-refractivity contribution in [2.24, 2.45) is 0 Å². The molecule has 0 saturated heterocycles. The molecule has 4 N–H and O–H groups in total. The van der Waals surface area contributed by atoms with Gasteiger partial charge in [0.25, 0.3) is 0 Å². The van der Waals surface area contributed by atoms with Gasteiger partial charge in [0.1, 0.15) is 40.4 Å². The highest BCUT2D eigenvalue weighted by molar-refractivity contribution is 6.03. The van der Waals surface area contributed by atoms with Gasteiger partial charge < -0.3 is 25.2 Å². The fraction of sp³-hybridized carbons (Fsp3) is 0.250. The monoisotopic (exact) mass is 356 g/mol. The van der Waals surface area contributed by atoms with Crippen LogP contribution < -0.4 is 4.74 Å². The first-order valence-corrected chi connectivity index (χ1v) is 8.20. The van der Waals surface area contributed by atoms with Crippen molar-refractivity contribution in [3.05, 3.63) is 52.6 Å². The summed E-state index contributed by atoms with van der Waals surface area (Å²) in [5.74, 6) is -1.03. The number of carbonyl (C=O) groups excluding carboxylic acids is 1. The third kappa shape index (κ3) is 3.18. The summed E-state index contributed by atoms with van der Waals surface area (Å²) in [6.07, 6.45) is 1.28. The molecule has 0 bridgehead atoms. The fourth-order valence-electron chi connectivity index (χ4n) is 2.99. The van der Waals surface area contributed by atoms with Gasteiger partial charge in [0.05, 0.1) is 6.42 Å². The Hall–Kier alpha value is -3.15. The molecule has 1 aliphatic rings. The van der Waals surface area contributed by atoms with Crippen molar-refractivity contribution in [2.75, 3.05) is 0 Å². The van der Waals surface area contributed by atoms with Crippen molar-refractivity contribution in [2.45, 2.75) is 32.8 Å². The first-order valence-electron chi connectivity index (χ1n) is 8.20. The van der Waals surface area contributed by atoms with E-state index in [-0.39, 0.29) is 52.1 Å². The predicted octanol–water partition coefficient (Wildman–Crippen LogP) is 3.72. The lowest BCUT2D eigenvalue weighted by Gasteiger charge is -2.27. The quantitative estimate of drug-likeness (QED) is 0.624. The van der Waals surface area contributed by atoms with Crippen LogP contribution >= 0.6 is 0 Å². The third-order valence-electron chi connectivity index (χ3n) is 4.34. The van der Waals surface area contributed by atoms with Crippen molar-refractivity contribution < 1.29 is 30.0 Å². The molecular weight excluding hydrogens is 336 g/mol. The first kappa shape index (κ1) is 17.7. The standard InChI is InChI=1S/C20H20O6/c1-10(2)3-5-13-15(23)8-18-19(20(13)25)16(24)9-17(26-18)12-6-4-11(21)7-14(12)22/h3-4,6-8,17,21-23,25H,5,9H2,1-2H3/t17-/m1/s1. The minimum absolute atomic E-state index is 0.0366. The molecule has 6 nitrogen and oxygen atoms in total. The summed E-state index contributed by atoms with van der Waals surface area (Å²) < 4.78 is 5.75. The van der Waals surface area contributed by atoms with E-state index in [0.717, 1.165) is 11.6 Å². The molecule has 1 atom stereocenters. The highest BCUT2D eigenvalue weighted by atomic mass is 16.5. The van der Waals surface area contributed by atoms with Crippen molar-refractivity contribution >= 4 is 5.78 Å². The number of fused-ring (bicyclic) bond motifs is 1. The fourth-order valence-corrected chi connectivity index (χ4v) is 2.99. The van der Waals surface area contributed by atoms with Gasteiger partial charge in [-0.3, -0.25) is 4.79 Å². The number of benzene rings is 2. The van der Waals surface area contributed by atoms with Gasteiger partial charge in [-0.05, 0) is 32.4 Å². The van der Waals surface area contributed by atoms with Crippen molar-refractivity contribution in [1.82, 2.24) is 0 Å². The van der Waals surface area contributed by atoms with Crippen LogP contribution in [0.4, 0.5) is 0 Å². The normalized spacial score (nSPS) is 15.9. The summed E-state index contributed by atoms with van der Waals surface area (Å²) in [7, 11) is 0. The number of ketones is 1. The second-order valence-corrected chi connectivity index (χ2v) is 6.56. The maximum absolute atomic E-state index is 12.6. The Bertz CT molecular complexity index is 909. The number of carbonyl (C=O) groups is 1. The zero-order chi connectivity index (χ0) is 19.0. The van der Waals surface area contributed by atoms with Gasteiger partial charge in [0, 0.05) is 23.3 Å². The number of allylic oxidation sites excluding steroid dienone is 2.